The van der Waals surface area contributed by atoms with E-state index in [1.54, 1.807) is 0 Å². The van der Waals surface area contributed by atoms with Gasteiger partial charge in [-0.15, -0.1) is 0 Å². The molecule has 1 saturated heterocycles. The molecule has 1 aromatic carbocycles. The second-order valence-corrected chi connectivity index (χ2v) is 5.87. The van der Waals surface area contributed by atoms with Crippen molar-refractivity contribution in [2.45, 2.75) is 39.7 Å². The molecule has 1 aliphatic rings. The van der Waals surface area contributed by atoms with Gasteiger partial charge >= 0.3 is 0 Å². The highest BCUT2D eigenvalue weighted by molar-refractivity contribution is 5.54. The van der Waals surface area contributed by atoms with Crippen LogP contribution in [0.25, 0.3) is 0 Å². The van der Waals surface area contributed by atoms with Crippen molar-refractivity contribution in [3.63, 3.8) is 0 Å². The summed E-state index contributed by atoms with van der Waals surface area (Å²) in [5.41, 5.74) is 10.1. The molecule has 0 amide bonds. The molecule has 1 fully saturated rings. The lowest BCUT2D eigenvalue weighted by Gasteiger charge is -2.37. The average molecular weight is 232 g/mol. The van der Waals surface area contributed by atoms with Crippen molar-refractivity contribution in [1.82, 2.24) is 0 Å². The maximum atomic E-state index is 5.88. The topological polar surface area (TPSA) is 29.3 Å². The molecule has 0 aliphatic carbocycles. The monoisotopic (exact) mass is 232 g/mol. The Morgan fingerprint density at radius 3 is 2.29 bits per heavy atom. The lowest BCUT2D eigenvalue weighted by molar-refractivity contribution is 0.374. The first kappa shape index (κ1) is 12.4. The quantitative estimate of drug-likeness (QED) is 0.849. The third-order valence-electron chi connectivity index (χ3n) is 4.20. The summed E-state index contributed by atoms with van der Waals surface area (Å²) in [4.78, 5) is 2.52. The van der Waals surface area contributed by atoms with Gasteiger partial charge in [-0.25, -0.2) is 0 Å². The van der Waals surface area contributed by atoms with Crippen LogP contribution in [0.2, 0.25) is 0 Å². The van der Waals surface area contributed by atoms with Gasteiger partial charge in [0.25, 0.3) is 0 Å². The van der Waals surface area contributed by atoms with Gasteiger partial charge in [0.05, 0.1) is 0 Å². The molecule has 0 spiro atoms. The molecule has 1 aromatic rings. The van der Waals surface area contributed by atoms with E-state index in [0.717, 1.165) is 13.1 Å². The van der Waals surface area contributed by atoms with E-state index in [1.165, 1.54) is 23.2 Å². The molecular weight excluding hydrogens is 208 g/mol. The van der Waals surface area contributed by atoms with Crippen LogP contribution in [-0.4, -0.2) is 18.6 Å². The first-order chi connectivity index (χ1) is 7.95. The van der Waals surface area contributed by atoms with Crippen LogP contribution in [0.4, 0.5) is 5.69 Å². The van der Waals surface area contributed by atoms with Crippen LogP contribution in [0, 0.1) is 19.8 Å². The van der Waals surface area contributed by atoms with E-state index < -0.39 is 0 Å². The molecular formula is C15H24N2. The Hall–Kier alpha value is -1.02. The summed E-state index contributed by atoms with van der Waals surface area (Å²) in [5, 5.41) is 0. The van der Waals surface area contributed by atoms with Crippen LogP contribution in [-0.2, 0) is 0 Å². The fraction of sp³-hybridized carbons (Fsp3) is 0.600. The molecule has 2 rings (SSSR count). The molecule has 94 valence electrons. The summed E-state index contributed by atoms with van der Waals surface area (Å²) in [5.74, 6) is 0.600. The predicted octanol–water partition coefficient (Wildman–Crippen LogP) is 2.87. The van der Waals surface area contributed by atoms with Crippen LogP contribution < -0.4 is 10.6 Å². The highest BCUT2D eigenvalue weighted by Crippen LogP contribution is 2.38. The smallest absolute Gasteiger partial charge is 0.0386 e. The fourth-order valence-electron chi connectivity index (χ4n) is 3.12. The molecule has 1 unspecified atom stereocenters. The van der Waals surface area contributed by atoms with Crippen LogP contribution in [0.3, 0.4) is 0 Å². The second-order valence-electron chi connectivity index (χ2n) is 5.87. The molecule has 2 nitrogen and oxygen atoms in total. The van der Waals surface area contributed by atoms with Crippen LogP contribution in [0.1, 0.15) is 31.4 Å². The Kier molecular flexibility index (Phi) is 3.17. The minimum Gasteiger partial charge on any atom is -0.366 e. The van der Waals surface area contributed by atoms with Crippen molar-refractivity contribution in [1.29, 1.82) is 0 Å². The second kappa shape index (κ2) is 4.34. The zero-order valence-corrected chi connectivity index (χ0v) is 11.5. The summed E-state index contributed by atoms with van der Waals surface area (Å²) in [6, 6.07) is 6.80. The molecule has 0 bridgehead atoms. The third-order valence-corrected chi connectivity index (χ3v) is 4.20. The SMILES string of the molecule is Cc1cc(C)cc(N2CCC(CN)C2(C)C)c1. The van der Waals surface area contributed by atoms with Crippen molar-refractivity contribution in [2.24, 2.45) is 11.7 Å². The number of rotatable bonds is 2. The van der Waals surface area contributed by atoms with E-state index in [1.807, 2.05) is 0 Å². The summed E-state index contributed by atoms with van der Waals surface area (Å²) in [6.07, 6.45) is 1.20. The van der Waals surface area contributed by atoms with E-state index in [0.29, 0.717) is 5.92 Å². The van der Waals surface area contributed by atoms with E-state index in [9.17, 15) is 0 Å². The summed E-state index contributed by atoms with van der Waals surface area (Å²) in [7, 11) is 0. The van der Waals surface area contributed by atoms with Crippen molar-refractivity contribution in [2.75, 3.05) is 18.0 Å². The predicted molar refractivity (Wildman–Crippen MR) is 74.5 cm³/mol. The number of nitrogens with two attached hydrogens (primary N) is 1. The molecule has 0 saturated carbocycles. The van der Waals surface area contributed by atoms with Gasteiger partial charge in [-0.2, -0.15) is 0 Å². The normalized spacial score (nSPS) is 23.1. The number of nitrogens with zero attached hydrogens (tertiary/aromatic N) is 1. The highest BCUT2D eigenvalue weighted by atomic mass is 15.2. The first-order valence-electron chi connectivity index (χ1n) is 6.51. The summed E-state index contributed by atoms with van der Waals surface area (Å²) >= 11 is 0. The Bertz CT molecular complexity index is 389. The molecule has 0 aromatic heterocycles. The lowest BCUT2D eigenvalue weighted by Crippen LogP contribution is -2.44. The minimum absolute atomic E-state index is 0.176. The number of aryl methyl sites for hydroxylation is 2. The van der Waals surface area contributed by atoms with E-state index in [2.05, 4.69) is 50.8 Å². The van der Waals surface area contributed by atoms with Gasteiger partial charge in [0, 0.05) is 17.8 Å². The lowest BCUT2D eigenvalue weighted by atomic mass is 9.88. The largest absolute Gasteiger partial charge is 0.366 e. The molecule has 17 heavy (non-hydrogen) atoms. The van der Waals surface area contributed by atoms with E-state index in [-0.39, 0.29) is 5.54 Å². The molecule has 1 aliphatic heterocycles. The Morgan fingerprint density at radius 1 is 1.24 bits per heavy atom. The zero-order valence-electron chi connectivity index (χ0n) is 11.5. The van der Waals surface area contributed by atoms with E-state index >= 15 is 0 Å². The standard InChI is InChI=1S/C15H24N2/c1-11-7-12(2)9-14(8-11)17-6-5-13(10-16)15(17,3)4/h7-9,13H,5-6,10,16H2,1-4H3. The van der Waals surface area contributed by atoms with Gasteiger partial charge in [-0.1, -0.05) is 6.07 Å². The van der Waals surface area contributed by atoms with Gasteiger partial charge in [0.15, 0.2) is 0 Å². The molecule has 1 atom stereocenters. The summed E-state index contributed by atoms with van der Waals surface area (Å²) < 4.78 is 0. The van der Waals surface area contributed by atoms with E-state index in [4.69, 9.17) is 5.73 Å². The van der Waals surface area contributed by atoms with Crippen molar-refractivity contribution in [3.8, 4) is 0 Å². The van der Waals surface area contributed by atoms with Crippen LogP contribution >= 0.6 is 0 Å². The Morgan fingerprint density at radius 2 is 1.82 bits per heavy atom. The van der Waals surface area contributed by atoms with Gasteiger partial charge in [0.1, 0.15) is 0 Å². The van der Waals surface area contributed by atoms with Gasteiger partial charge < -0.3 is 10.6 Å². The summed E-state index contributed by atoms with van der Waals surface area (Å²) in [6.45, 7) is 10.9. The zero-order chi connectivity index (χ0) is 12.6. The van der Waals surface area contributed by atoms with Crippen molar-refractivity contribution < 1.29 is 0 Å². The average Bonchev–Trinajstić information content (AvgIpc) is 2.51. The number of hydrogen-bond donors (Lipinski definition) is 1. The Labute approximate surface area is 105 Å². The molecule has 1 heterocycles. The van der Waals surface area contributed by atoms with Crippen LogP contribution in [0.15, 0.2) is 18.2 Å². The number of hydrogen-bond acceptors (Lipinski definition) is 2. The van der Waals surface area contributed by atoms with Gasteiger partial charge in [0.2, 0.25) is 0 Å². The van der Waals surface area contributed by atoms with Crippen molar-refractivity contribution in [3.05, 3.63) is 29.3 Å². The van der Waals surface area contributed by atoms with Crippen molar-refractivity contribution >= 4 is 5.69 Å². The first-order valence-corrected chi connectivity index (χ1v) is 6.51. The van der Waals surface area contributed by atoms with Gasteiger partial charge in [-0.3, -0.25) is 0 Å². The fourth-order valence-corrected chi connectivity index (χ4v) is 3.12. The third kappa shape index (κ3) is 2.19. The maximum absolute atomic E-state index is 5.88. The molecule has 2 N–H and O–H groups in total. The number of benzene rings is 1. The number of anilines is 1. The molecule has 2 heteroatoms. The van der Waals surface area contributed by atoms with Gasteiger partial charge in [-0.05, 0) is 69.8 Å². The Balaban J connectivity index is 2.34. The maximum Gasteiger partial charge on any atom is 0.0386 e. The minimum atomic E-state index is 0.176. The van der Waals surface area contributed by atoms with Crippen LogP contribution in [0.5, 0.6) is 0 Å². The molecule has 0 radical (unpaired) electrons. The highest BCUT2D eigenvalue weighted by Gasteiger charge is 2.40.